The lowest BCUT2D eigenvalue weighted by Gasteiger charge is -2.09. The van der Waals surface area contributed by atoms with E-state index in [-0.39, 0.29) is 6.73 Å². The largest absolute Gasteiger partial charge is 0.497 e. The molecule has 3 rings (SSSR count). The fourth-order valence-corrected chi connectivity index (χ4v) is 3.66. The van der Waals surface area contributed by atoms with Gasteiger partial charge in [-0.05, 0) is 47.5 Å². The number of thiophene rings is 1. The first-order valence-corrected chi connectivity index (χ1v) is 9.72. The summed E-state index contributed by atoms with van der Waals surface area (Å²) in [6.45, 7) is 0.913. The predicted molar refractivity (Wildman–Crippen MR) is 115 cm³/mol. The van der Waals surface area contributed by atoms with Crippen LogP contribution in [0.15, 0.2) is 54.6 Å². The highest BCUT2D eigenvalue weighted by molar-refractivity contribution is 7.20. The Bertz CT molecular complexity index is 940. The zero-order valence-corrected chi connectivity index (χ0v) is 17.0. The summed E-state index contributed by atoms with van der Waals surface area (Å²) in [7, 11) is 3.26. The number of benzene rings is 2. The molecule has 0 atom stereocenters. The van der Waals surface area contributed by atoms with E-state index < -0.39 is 6.03 Å². The molecule has 7 nitrogen and oxygen atoms in total. The number of carbonyl (C=O) groups excluding carboxylic acids is 1. The molecule has 3 aromatic rings. The van der Waals surface area contributed by atoms with Crippen LogP contribution in [0.2, 0.25) is 0 Å². The van der Waals surface area contributed by atoms with E-state index in [4.69, 9.17) is 19.9 Å². The molecule has 0 aliphatic heterocycles. The molecule has 8 heteroatoms. The Morgan fingerprint density at radius 3 is 2.21 bits per heavy atom. The van der Waals surface area contributed by atoms with E-state index in [0.29, 0.717) is 17.3 Å². The van der Waals surface area contributed by atoms with E-state index in [1.54, 1.807) is 14.2 Å². The van der Waals surface area contributed by atoms with Crippen molar-refractivity contribution in [2.75, 3.05) is 26.3 Å². The second kappa shape index (κ2) is 9.81. The van der Waals surface area contributed by atoms with E-state index in [1.807, 2.05) is 54.6 Å². The summed E-state index contributed by atoms with van der Waals surface area (Å²) >= 11 is 1.39. The van der Waals surface area contributed by atoms with Gasteiger partial charge >= 0.3 is 6.03 Å². The molecule has 0 saturated heterocycles. The van der Waals surface area contributed by atoms with Crippen molar-refractivity contribution in [1.82, 2.24) is 5.32 Å². The van der Waals surface area contributed by atoms with Crippen LogP contribution in [0.1, 0.15) is 5.56 Å². The molecule has 0 bridgehead atoms. The van der Waals surface area contributed by atoms with Crippen molar-refractivity contribution in [1.29, 1.82) is 0 Å². The first kappa shape index (κ1) is 20.5. The molecule has 29 heavy (non-hydrogen) atoms. The number of anilines is 1. The molecular weight excluding hydrogens is 390 g/mol. The molecule has 2 aromatic carbocycles. The van der Waals surface area contributed by atoms with Gasteiger partial charge < -0.3 is 19.9 Å². The number of hydrogen-bond donors (Lipinski definition) is 3. The number of methoxy groups -OCH3 is 2. The third-order valence-corrected chi connectivity index (χ3v) is 5.21. The van der Waals surface area contributed by atoms with Gasteiger partial charge in [0, 0.05) is 17.5 Å². The van der Waals surface area contributed by atoms with E-state index in [0.717, 1.165) is 27.5 Å². The molecule has 152 valence electrons. The maximum absolute atomic E-state index is 11.3. The zero-order valence-electron chi connectivity index (χ0n) is 16.2. The number of nitrogens with two attached hydrogens (primary N) is 1. The maximum atomic E-state index is 11.3. The highest BCUT2D eigenvalue weighted by Gasteiger charge is 2.13. The van der Waals surface area contributed by atoms with Crippen LogP contribution in [0, 0.1) is 0 Å². The monoisotopic (exact) mass is 413 g/mol. The second-order valence-corrected chi connectivity index (χ2v) is 7.14. The van der Waals surface area contributed by atoms with Crippen LogP contribution in [0.4, 0.5) is 9.80 Å². The van der Waals surface area contributed by atoms with Gasteiger partial charge in [0.2, 0.25) is 0 Å². The molecule has 2 amide bonds. The summed E-state index contributed by atoms with van der Waals surface area (Å²) in [6.07, 6.45) is 0. The molecule has 0 fully saturated rings. The summed E-state index contributed by atoms with van der Waals surface area (Å²) < 4.78 is 16.2. The molecule has 0 saturated carbocycles. The third kappa shape index (κ3) is 5.63. The average Bonchev–Trinajstić information content (AvgIpc) is 3.13. The van der Waals surface area contributed by atoms with Crippen LogP contribution >= 0.6 is 11.3 Å². The Balaban J connectivity index is 1.64. The van der Waals surface area contributed by atoms with Crippen molar-refractivity contribution in [3.8, 4) is 27.7 Å². The smallest absolute Gasteiger partial charge is 0.317 e. The van der Waals surface area contributed by atoms with E-state index in [2.05, 4.69) is 10.6 Å². The van der Waals surface area contributed by atoms with Gasteiger partial charge in [0.05, 0.1) is 14.2 Å². The van der Waals surface area contributed by atoms with Crippen LogP contribution < -0.4 is 30.6 Å². The summed E-state index contributed by atoms with van der Waals surface area (Å²) in [6, 6.07) is 16.7. The van der Waals surface area contributed by atoms with Crippen molar-refractivity contribution in [3.63, 3.8) is 0 Å². The fraction of sp³-hybridized carbons (Fsp3) is 0.190. The number of hydrogen-bond acceptors (Lipinski definition) is 6. The van der Waals surface area contributed by atoms with Crippen molar-refractivity contribution >= 4 is 22.4 Å². The Hall–Kier alpha value is -3.23. The summed E-state index contributed by atoms with van der Waals surface area (Å²) in [5, 5.41) is 6.40. The van der Waals surface area contributed by atoms with Gasteiger partial charge in [-0.3, -0.25) is 10.6 Å². The predicted octanol–water partition coefficient (Wildman–Crippen LogP) is 4.05. The number of primary amides is 1. The Labute approximate surface area is 173 Å². The molecule has 0 radical (unpaired) electrons. The molecule has 0 aliphatic rings. The Kier molecular flexibility index (Phi) is 6.94. The van der Waals surface area contributed by atoms with Gasteiger partial charge in [-0.25, -0.2) is 4.79 Å². The van der Waals surface area contributed by atoms with E-state index in [9.17, 15) is 4.79 Å². The van der Waals surface area contributed by atoms with Gasteiger partial charge in [0.15, 0.2) is 5.75 Å². The zero-order chi connectivity index (χ0) is 20.6. The van der Waals surface area contributed by atoms with Crippen molar-refractivity contribution in [2.24, 2.45) is 5.73 Å². The molecule has 1 heterocycles. The third-order valence-electron chi connectivity index (χ3n) is 4.13. The van der Waals surface area contributed by atoms with Crippen LogP contribution in [-0.4, -0.2) is 27.0 Å². The maximum Gasteiger partial charge on any atom is 0.317 e. The Morgan fingerprint density at radius 2 is 1.62 bits per heavy atom. The fourth-order valence-electron chi connectivity index (χ4n) is 2.65. The number of urea groups is 1. The van der Waals surface area contributed by atoms with Gasteiger partial charge in [0.25, 0.3) is 0 Å². The number of nitrogens with one attached hydrogen (secondary N) is 2. The van der Waals surface area contributed by atoms with Crippen molar-refractivity contribution in [2.45, 2.75) is 6.54 Å². The molecule has 0 unspecified atom stereocenters. The molecule has 0 aliphatic carbocycles. The van der Waals surface area contributed by atoms with Gasteiger partial charge in [0.1, 0.15) is 23.2 Å². The topological polar surface area (TPSA) is 94.8 Å². The number of rotatable bonds is 9. The number of carbonyl (C=O) groups is 1. The molecular formula is C21H23N3O4S. The lowest BCUT2D eigenvalue weighted by molar-refractivity contribution is 0.258. The van der Waals surface area contributed by atoms with Crippen molar-refractivity contribution < 1.29 is 19.0 Å². The number of amides is 2. The highest BCUT2D eigenvalue weighted by atomic mass is 32.1. The lowest BCUT2D eigenvalue weighted by atomic mass is 10.2. The summed E-state index contributed by atoms with van der Waals surface area (Å²) in [4.78, 5) is 12.3. The SMILES string of the molecule is COc1ccc(CNCOc2cc(-c3ccc(OC)cc3)sc2NC(N)=O)cc1. The molecule has 0 spiro atoms. The second-order valence-electron chi connectivity index (χ2n) is 6.09. The van der Waals surface area contributed by atoms with Crippen LogP contribution in [-0.2, 0) is 6.54 Å². The van der Waals surface area contributed by atoms with Gasteiger partial charge in [-0.1, -0.05) is 12.1 Å². The minimum Gasteiger partial charge on any atom is -0.497 e. The first-order chi connectivity index (χ1) is 14.1. The summed E-state index contributed by atoms with van der Waals surface area (Å²) in [5.41, 5.74) is 7.39. The van der Waals surface area contributed by atoms with Gasteiger partial charge in [-0.2, -0.15) is 0 Å². The number of ether oxygens (including phenoxy) is 3. The minimum atomic E-state index is -0.635. The Morgan fingerprint density at radius 1 is 1.00 bits per heavy atom. The van der Waals surface area contributed by atoms with Crippen LogP contribution in [0.5, 0.6) is 17.2 Å². The van der Waals surface area contributed by atoms with E-state index in [1.165, 1.54) is 11.3 Å². The quantitative estimate of drug-likeness (QED) is 0.363. The van der Waals surface area contributed by atoms with Crippen molar-refractivity contribution in [3.05, 3.63) is 60.2 Å². The summed E-state index contributed by atoms with van der Waals surface area (Å²) in [5.74, 6) is 2.15. The average molecular weight is 413 g/mol. The minimum absolute atomic E-state index is 0.276. The first-order valence-electron chi connectivity index (χ1n) is 8.90. The van der Waals surface area contributed by atoms with Crippen LogP contribution in [0.3, 0.4) is 0 Å². The highest BCUT2D eigenvalue weighted by Crippen LogP contribution is 2.40. The molecule has 1 aromatic heterocycles. The van der Waals surface area contributed by atoms with E-state index >= 15 is 0 Å². The lowest BCUT2D eigenvalue weighted by Crippen LogP contribution is -2.21. The normalized spacial score (nSPS) is 10.4. The standard InChI is InChI=1S/C21H23N3O4S/c1-26-16-7-3-14(4-8-16)12-23-13-28-18-11-19(29-20(18)24-21(22)25)15-5-9-17(27-2)10-6-15/h3-11,23H,12-13H2,1-2H3,(H3,22,24,25). The molecule has 4 N–H and O–H groups in total. The van der Waals surface area contributed by atoms with Crippen LogP contribution in [0.25, 0.3) is 10.4 Å². The van der Waals surface area contributed by atoms with Gasteiger partial charge in [-0.15, -0.1) is 11.3 Å².